The maximum Gasteiger partial charge on any atom is 0.302 e. The number of fused-ring (bicyclic) bond motifs is 7. The van der Waals surface area contributed by atoms with E-state index in [1.807, 2.05) is 0 Å². The molecule has 11 atom stereocenters. The minimum Gasteiger partial charge on any atom is -0.462 e. The molecule has 1 spiro atoms. The molecular weight excluding hydrogens is 412 g/mol. The van der Waals surface area contributed by atoms with E-state index in [1.54, 1.807) is 12.5 Å². The van der Waals surface area contributed by atoms with Crippen molar-refractivity contribution < 1.29 is 19.0 Å². The Balaban J connectivity index is 1.24. The molecule has 2 aliphatic heterocycles. The van der Waals surface area contributed by atoms with Crippen molar-refractivity contribution >= 4 is 5.97 Å². The van der Waals surface area contributed by atoms with Crippen molar-refractivity contribution in [1.82, 2.24) is 0 Å². The van der Waals surface area contributed by atoms with Gasteiger partial charge in [-0.25, -0.2) is 0 Å². The van der Waals surface area contributed by atoms with Gasteiger partial charge < -0.3 is 14.2 Å². The number of hydrogen-bond acceptors (Lipinski definition) is 4. The standard InChI is InChI=1S/C29H44O4/c1-17-8-13-29(31-16-17)18(2)26-25(33-29)15-24-22-7-6-20-14-21(32-19(3)30)9-11-27(20,4)23(22)10-12-28(24,26)5/h6,17-18,21-26H,7-16H2,1-5H3/t17-,18-,21+,22-,23+,24+,25-,26+,27-,28-,29+/m0/s1. The molecular formula is C29H44O4. The summed E-state index contributed by atoms with van der Waals surface area (Å²) in [6.07, 6.45) is 13.6. The third-order valence-corrected chi connectivity index (χ3v) is 11.7. The van der Waals surface area contributed by atoms with Gasteiger partial charge in [-0.15, -0.1) is 0 Å². The van der Waals surface area contributed by atoms with Gasteiger partial charge in [0.15, 0.2) is 5.79 Å². The van der Waals surface area contributed by atoms with Crippen LogP contribution >= 0.6 is 0 Å². The van der Waals surface area contributed by atoms with E-state index in [9.17, 15) is 4.79 Å². The van der Waals surface area contributed by atoms with E-state index in [1.165, 1.54) is 32.1 Å². The van der Waals surface area contributed by atoms with Gasteiger partial charge in [-0.05, 0) is 85.4 Å². The highest BCUT2D eigenvalue weighted by Gasteiger charge is 2.68. The lowest BCUT2D eigenvalue weighted by molar-refractivity contribution is -0.272. The highest BCUT2D eigenvalue weighted by Crippen LogP contribution is 2.70. The molecule has 5 fully saturated rings. The number of allylic oxidation sites excluding steroid dienone is 1. The normalized spacial score (nSPS) is 55.2. The highest BCUT2D eigenvalue weighted by molar-refractivity contribution is 5.66. The molecule has 33 heavy (non-hydrogen) atoms. The van der Waals surface area contributed by atoms with Gasteiger partial charge in [0.2, 0.25) is 0 Å². The first-order valence-corrected chi connectivity index (χ1v) is 13.8. The van der Waals surface area contributed by atoms with Crippen molar-refractivity contribution in [1.29, 1.82) is 0 Å². The fourth-order valence-electron chi connectivity index (χ4n) is 9.98. The van der Waals surface area contributed by atoms with Crippen LogP contribution in [0.5, 0.6) is 0 Å². The predicted octanol–water partition coefficient (Wildman–Crippen LogP) is 6.28. The Bertz CT molecular complexity index is 841. The van der Waals surface area contributed by atoms with Crippen molar-refractivity contribution in [2.24, 2.45) is 46.3 Å². The van der Waals surface area contributed by atoms with Gasteiger partial charge >= 0.3 is 5.97 Å². The van der Waals surface area contributed by atoms with Gasteiger partial charge in [0.25, 0.3) is 0 Å². The molecule has 0 aromatic carbocycles. The minimum atomic E-state index is -0.312. The van der Waals surface area contributed by atoms with Crippen LogP contribution in [0.1, 0.15) is 92.4 Å². The zero-order chi connectivity index (χ0) is 23.2. The SMILES string of the molecule is CC(=O)O[C@@H]1CC[C@@]2(C)C(=CC[C@@H]3[C@H]4C[C@@H]5O[C@]6(CC[C@H](C)CO6)[C@@H](C)[C@H]5[C@@]4(C)CC[C@H]32)C1. The molecule has 0 aromatic heterocycles. The van der Waals surface area contributed by atoms with Gasteiger partial charge in [-0.1, -0.05) is 39.3 Å². The molecule has 4 heteroatoms. The van der Waals surface area contributed by atoms with Crippen molar-refractivity contribution in [3.63, 3.8) is 0 Å². The quantitative estimate of drug-likeness (QED) is 0.344. The van der Waals surface area contributed by atoms with Crippen molar-refractivity contribution in [3.05, 3.63) is 11.6 Å². The summed E-state index contributed by atoms with van der Waals surface area (Å²) in [7, 11) is 0. The van der Waals surface area contributed by atoms with Crippen LogP contribution in [0.3, 0.4) is 0 Å². The smallest absolute Gasteiger partial charge is 0.302 e. The second-order valence-corrected chi connectivity index (χ2v) is 13.3. The maximum absolute atomic E-state index is 11.5. The van der Waals surface area contributed by atoms with Crippen LogP contribution in [0, 0.1) is 46.3 Å². The van der Waals surface area contributed by atoms with Gasteiger partial charge in [0, 0.05) is 25.7 Å². The summed E-state index contributed by atoms with van der Waals surface area (Å²) in [5.74, 6) is 3.64. The van der Waals surface area contributed by atoms with Gasteiger partial charge in [0.05, 0.1) is 12.7 Å². The molecule has 184 valence electrons. The summed E-state index contributed by atoms with van der Waals surface area (Å²) < 4.78 is 19.0. The monoisotopic (exact) mass is 456 g/mol. The third kappa shape index (κ3) is 3.18. The van der Waals surface area contributed by atoms with E-state index < -0.39 is 0 Å². The molecule has 4 aliphatic carbocycles. The fourth-order valence-corrected chi connectivity index (χ4v) is 9.98. The Morgan fingerprint density at radius 3 is 2.64 bits per heavy atom. The molecule has 0 unspecified atom stereocenters. The number of ether oxygens (including phenoxy) is 3. The molecule has 3 saturated carbocycles. The molecule has 4 nitrogen and oxygen atoms in total. The summed E-state index contributed by atoms with van der Waals surface area (Å²) in [5, 5.41) is 0. The zero-order valence-corrected chi connectivity index (χ0v) is 21.4. The molecule has 6 aliphatic rings. The summed E-state index contributed by atoms with van der Waals surface area (Å²) in [6, 6.07) is 0. The van der Waals surface area contributed by atoms with Crippen LogP contribution in [-0.2, 0) is 19.0 Å². The number of esters is 1. The Kier molecular flexibility index (Phi) is 5.18. The zero-order valence-electron chi connectivity index (χ0n) is 21.4. The van der Waals surface area contributed by atoms with Crippen LogP contribution in [0.15, 0.2) is 11.6 Å². The van der Waals surface area contributed by atoms with Crippen molar-refractivity contribution in [2.75, 3.05) is 6.61 Å². The van der Waals surface area contributed by atoms with E-state index in [0.29, 0.717) is 29.3 Å². The van der Waals surface area contributed by atoms with Crippen molar-refractivity contribution in [2.45, 2.75) is 110 Å². The fraction of sp³-hybridized carbons (Fsp3) is 0.897. The Hall–Kier alpha value is -0.870. The topological polar surface area (TPSA) is 44.8 Å². The van der Waals surface area contributed by atoms with E-state index in [0.717, 1.165) is 50.0 Å². The van der Waals surface area contributed by atoms with Crippen LogP contribution < -0.4 is 0 Å². The number of carbonyl (C=O) groups is 1. The Labute approximate surface area is 200 Å². The molecule has 0 N–H and O–H groups in total. The first-order valence-electron chi connectivity index (χ1n) is 13.8. The molecule has 2 saturated heterocycles. The van der Waals surface area contributed by atoms with E-state index in [2.05, 4.69) is 33.8 Å². The number of rotatable bonds is 1. The van der Waals surface area contributed by atoms with E-state index in [4.69, 9.17) is 14.2 Å². The van der Waals surface area contributed by atoms with Crippen LogP contribution in [-0.4, -0.2) is 30.6 Å². The molecule has 0 aromatic rings. The Morgan fingerprint density at radius 2 is 1.91 bits per heavy atom. The largest absolute Gasteiger partial charge is 0.462 e. The first kappa shape index (κ1) is 22.6. The Morgan fingerprint density at radius 1 is 1.09 bits per heavy atom. The number of hydrogen-bond donors (Lipinski definition) is 0. The molecule has 0 bridgehead atoms. The second kappa shape index (κ2) is 7.56. The average Bonchev–Trinajstić information content (AvgIpc) is 3.21. The van der Waals surface area contributed by atoms with Crippen LogP contribution in [0.2, 0.25) is 0 Å². The number of carbonyl (C=O) groups excluding carboxylic acids is 1. The molecule has 6 rings (SSSR count). The predicted molar refractivity (Wildman–Crippen MR) is 127 cm³/mol. The van der Waals surface area contributed by atoms with E-state index in [-0.39, 0.29) is 23.3 Å². The highest BCUT2D eigenvalue weighted by atomic mass is 16.7. The summed E-state index contributed by atoms with van der Waals surface area (Å²) in [5.41, 5.74) is 2.24. The first-order chi connectivity index (χ1) is 15.7. The summed E-state index contributed by atoms with van der Waals surface area (Å²) in [6.45, 7) is 12.3. The lowest BCUT2D eigenvalue weighted by Gasteiger charge is -2.58. The average molecular weight is 457 g/mol. The summed E-state index contributed by atoms with van der Waals surface area (Å²) >= 11 is 0. The van der Waals surface area contributed by atoms with Gasteiger partial charge in [0.1, 0.15) is 6.10 Å². The van der Waals surface area contributed by atoms with Crippen LogP contribution in [0.25, 0.3) is 0 Å². The maximum atomic E-state index is 11.5. The molecule has 0 amide bonds. The lowest BCUT2D eigenvalue weighted by Crippen LogP contribution is -2.52. The minimum absolute atomic E-state index is 0.0849. The van der Waals surface area contributed by atoms with Gasteiger partial charge in [-0.2, -0.15) is 0 Å². The molecule has 2 heterocycles. The lowest BCUT2D eigenvalue weighted by atomic mass is 9.47. The van der Waals surface area contributed by atoms with Crippen molar-refractivity contribution in [3.8, 4) is 0 Å². The van der Waals surface area contributed by atoms with Crippen LogP contribution in [0.4, 0.5) is 0 Å². The summed E-state index contributed by atoms with van der Waals surface area (Å²) in [4.78, 5) is 11.5. The third-order valence-electron chi connectivity index (χ3n) is 11.7. The van der Waals surface area contributed by atoms with E-state index >= 15 is 0 Å². The van der Waals surface area contributed by atoms with Gasteiger partial charge in [-0.3, -0.25) is 4.79 Å². The molecule has 0 radical (unpaired) electrons. The second-order valence-electron chi connectivity index (χ2n) is 13.3.